The van der Waals surface area contributed by atoms with Gasteiger partial charge in [-0.3, -0.25) is 32.5 Å². The summed E-state index contributed by atoms with van der Waals surface area (Å²) in [5, 5.41) is 20.7. The Morgan fingerprint density at radius 2 is 0.515 bits per heavy atom. The maximum absolute atomic E-state index is 13.0. The van der Waals surface area contributed by atoms with Crippen molar-refractivity contribution in [3.05, 3.63) is 109 Å². The normalized spacial score (nSPS) is 14.5. The molecule has 0 saturated carbocycles. The molecule has 0 amide bonds. The van der Waals surface area contributed by atoms with Crippen LogP contribution in [0.2, 0.25) is 0 Å². The molecule has 4 N–H and O–H groups in total. The highest BCUT2D eigenvalue weighted by molar-refractivity contribution is 7.47. The molecule has 18 heteroatoms. The van der Waals surface area contributed by atoms with Crippen LogP contribution in [0.1, 0.15) is 355 Å². The summed E-state index contributed by atoms with van der Waals surface area (Å²) in [5.74, 6) is -1.57. The Balaban J connectivity index is 4.52. The first-order valence-corrected chi connectivity index (χ1v) is 44.2. The molecule has 0 aromatic heterocycles. The smallest absolute Gasteiger partial charge is 0.463 e. The van der Waals surface area contributed by atoms with E-state index in [9.17, 15) is 43.5 Å². The van der Waals surface area contributed by atoms with Gasteiger partial charge in [-0.2, -0.15) is 0 Å². The minimum Gasteiger partial charge on any atom is -0.463 e. The van der Waals surface area contributed by atoms with E-state index in [0.29, 0.717) is 19.3 Å². The van der Waals surface area contributed by atoms with Crippen molar-refractivity contribution in [2.24, 2.45) is 0 Å². The number of aliphatic hydroxyl groups excluding tert-OH is 2. The molecule has 0 radical (unpaired) electrons. The van der Waals surface area contributed by atoms with E-state index < -0.39 is 91.5 Å². The number of hydrogen-bond donors (Lipinski definition) is 4. The van der Waals surface area contributed by atoms with Gasteiger partial charge in [-0.05, 0) is 109 Å². The van der Waals surface area contributed by atoms with Gasteiger partial charge >= 0.3 is 33.6 Å². The van der Waals surface area contributed by atoms with E-state index in [-0.39, 0.29) is 19.3 Å². The first-order chi connectivity index (χ1) is 50.2. The predicted molar refractivity (Wildman–Crippen MR) is 427 cm³/mol. The van der Waals surface area contributed by atoms with Crippen molar-refractivity contribution in [2.45, 2.75) is 373 Å². The largest absolute Gasteiger partial charge is 0.472 e. The van der Waals surface area contributed by atoms with Gasteiger partial charge < -0.3 is 34.2 Å². The summed E-state index contributed by atoms with van der Waals surface area (Å²) in [4.78, 5) is 58.7. The Bertz CT molecular complexity index is 2310. The number of ether oxygens (including phenoxy) is 3. The van der Waals surface area contributed by atoms with Crippen LogP contribution in [0.25, 0.3) is 0 Å². The third-order valence-corrected chi connectivity index (χ3v) is 19.4. The summed E-state index contributed by atoms with van der Waals surface area (Å²) in [6.45, 7) is 2.57. The summed E-state index contributed by atoms with van der Waals surface area (Å²) < 4.78 is 61.2. The van der Waals surface area contributed by atoms with Crippen molar-refractivity contribution in [3.8, 4) is 0 Å². The molecule has 103 heavy (non-hydrogen) atoms. The zero-order valence-electron chi connectivity index (χ0n) is 65.2. The van der Waals surface area contributed by atoms with Crippen molar-refractivity contribution < 1.29 is 75.8 Å². The van der Waals surface area contributed by atoms with Crippen LogP contribution in [-0.2, 0) is 55.8 Å². The molecule has 0 fully saturated rings. The van der Waals surface area contributed by atoms with Crippen molar-refractivity contribution in [2.75, 3.05) is 39.6 Å². The molecule has 0 saturated heterocycles. The van der Waals surface area contributed by atoms with Crippen molar-refractivity contribution in [1.82, 2.24) is 0 Å². The number of phosphoric ester groups is 2. The molecule has 0 aromatic carbocycles. The number of unbranched alkanes of at least 4 members (excludes halogenated alkanes) is 37. The van der Waals surface area contributed by atoms with E-state index in [1.165, 1.54) is 148 Å². The molecule has 16 nitrogen and oxygen atoms in total. The quantitative estimate of drug-likeness (QED) is 0.0146. The number of esters is 3. The monoisotopic (exact) mass is 1490 g/mol. The Kier molecular flexibility index (Phi) is 74.9. The van der Waals surface area contributed by atoms with Crippen molar-refractivity contribution >= 4 is 33.6 Å². The molecule has 0 rings (SSSR count). The molecule has 0 heterocycles. The Labute approximate surface area is 628 Å². The van der Waals surface area contributed by atoms with Gasteiger partial charge in [0.05, 0.1) is 26.4 Å². The molecule has 0 bridgehead atoms. The van der Waals surface area contributed by atoms with E-state index in [0.717, 1.165) is 148 Å². The van der Waals surface area contributed by atoms with Crippen molar-refractivity contribution in [1.29, 1.82) is 0 Å². The number of hydrogen-bond acceptors (Lipinski definition) is 14. The summed E-state index contributed by atoms with van der Waals surface area (Å²) in [5.41, 5.74) is 0. The van der Waals surface area contributed by atoms with Gasteiger partial charge in [0, 0.05) is 19.3 Å². The highest BCUT2D eigenvalue weighted by Gasteiger charge is 2.29. The molecule has 0 aliphatic rings. The zero-order valence-corrected chi connectivity index (χ0v) is 67.0. The summed E-state index contributed by atoms with van der Waals surface area (Å²) in [6.07, 6.45) is 91.3. The number of carbonyl (C=O) groups is 3. The molecule has 0 aliphatic heterocycles. The van der Waals surface area contributed by atoms with Crippen molar-refractivity contribution in [3.63, 3.8) is 0 Å². The molecule has 596 valence electrons. The second-order valence-electron chi connectivity index (χ2n) is 27.6. The summed E-state index contributed by atoms with van der Waals surface area (Å²) >= 11 is 0. The SMILES string of the molecule is CC/C=C\C/C=C\C/C=C\C/C=C\C/C=C\CCCCCCCCCC(=O)OCC(COP(=O)(O)OCC(O)COP(=O)(O)OCC(O)COC(=O)CCCCCCCCCCCCCCC/C=C\C/C=C\C/C=C\C/C=C\CCCCC)OC(=O)CCCCCCCCCCCCCCCCC. The van der Waals surface area contributed by atoms with Gasteiger partial charge in [0.2, 0.25) is 0 Å². The maximum Gasteiger partial charge on any atom is 0.472 e. The van der Waals surface area contributed by atoms with E-state index in [1.807, 2.05) is 0 Å². The third kappa shape index (κ3) is 79.1. The van der Waals surface area contributed by atoms with Crippen LogP contribution < -0.4 is 0 Å². The van der Waals surface area contributed by atoms with Gasteiger partial charge in [-0.15, -0.1) is 0 Å². The molecular weight excluding hydrogens is 1340 g/mol. The standard InChI is InChI=1S/C85H150O16P2/c1-4-7-10-13-16-19-22-25-28-30-32-34-36-37-38-39-40-41-43-45-46-48-51-53-56-59-62-65-68-71-83(88)95-74-80(86)75-97-102(91,92)98-76-81(87)77-99-103(93,94)100-79-82(101-85(90)73-70-67-64-61-58-55-50-27-24-21-18-15-12-9-6-3)78-96-84(89)72-69-66-63-60-57-54-52-49-47-44-42-35-33-31-29-26-23-20-17-14-11-8-5-2/h8,11,16-17,19-20,25-26,28-29,32-35,37-38,44,47,80-82,86-87H,4-7,9-10,12-15,18,21-24,27,30-31,36,39-43,45-46,48-79H2,1-3H3,(H,91,92)(H,93,94)/b11-8-,19-16-,20-17-,28-25-,29-26-,34-32-,35-33-,38-37-,47-44-. The fourth-order valence-corrected chi connectivity index (χ4v) is 12.8. The lowest BCUT2D eigenvalue weighted by molar-refractivity contribution is -0.161. The van der Waals surface area contributed by atoms with Crippen LogP contribution >= 0.6 is 15.6 Å². The van der Waals surface area contributed by atoms with E-state index in [4.69, 9.17) is 32.3 Å². The minimum absolute atomic E-state index is 0.105. The van der Waals surface area contributed by atoms with Crippen LogP contribution in [0.4, 0.5) is 0 Å². The van der Waals surface area contributed by atoms with Crippen LogP contribution in [0, 0.1) is 0 Å². The molecule has 5 unspecified atom stereocenters. The fourth-order valence-electron chi connectivity index (χ4n) is 11.2. The van der Waals surface area contributed by atoms with Crippen LogP contribution in [0.15, 0.2) is 109 Å². The number of rotatable bonds is 78. The first kappa shape index (κ1) is 99.2. The minimum atomic E-state index is -4.93. The Morgan fingerprint density at radius 3 is 0.835 bits per heavy atom. The number of allylic oxidation sites excluding steroid dienone is 18. The van der Waals surface area contributed by atoms with Gasteiger partial charge in [-0.25, -0.2) is 9.13 Å². The van der Waals surface area contributed by atoms with Gasteiger partial charge in [-0.1, -0.05) is 336 Å². The van der Waals surface area contributed by atoms with Gasteiger partial charge in [0.25, 0.3) is 0 Å². The van der Waals surface area contributed by atoms with E-state index >= 15 is 0 Å². The average molecular weight is 1490 g/mol. The highest BCUT2D eigenvalue weighted by Crippen LogP contribution is 2.45. The van der Waals surface area contributed by atoms with Crippen LogP contribution in [0.3, 0.4) is 0 Å². The van der Waals surface area contributed by atoms with Gasteiger partial charge in [0.15, 0.2) is 6.10 Å². The van der Waals surface area contributed by atoms with Gasteiger partial charge in [0.1, 0.15) is 25.4 Å². The Hall–Kier alpha value is -3.79. The van der Waals surface area contributed by atoms with E-state index in [2.05, 4.69) is 130 Å². The second-order valence-corrected chi connectivity index (χ2v) is 30.5. The summed E-state index contributed by atoms with van der Waals surface area (Å²) in [7, 11) is -9.79. The lowest BCUT2D eigenvalue weighted by Gasteiger charge is -2.21. The Morgan fingerprint density at radius 1 is 0.282 bits per heavy atom. The van der Waals surface area contributed by atoms with Crippen LogP contribution in [0.5, 0.6) is 0 Å². The van der Waals surface area contributed by atoms with E-state index in [1.54, 1.807) is 0 Å². The molecular formula is C85H150O16P2. The number of carbonyl (C=O) groups excluding carboxylic acids is 3. The molecule has 5 atom stereocenters. The average Bonchev–Trinajstić information content (AvgIpc) is 0.917. The second kappa shape index (κ2) is 77.8. The maximum atomic E-state index is 13.0. The lowest BCUT2D eigenvalue weighted by Crippen LogP contribution is -2.30. The summed E-state index contributed by atoms with van der Waals surface area (Å²) in [6, 6.07) is 0. The molecule has 0 aromatic rings. The highest BCUT2D eigenvalue weighted by atomic mass is 31.2. The first-order valence-electron chi connectivity index (χ1n) is 41.2. The lowest BCUT2D eigenvalue weighted by atomic mass is 10.0. The van der Waals surface area contributed by atoms with Crippen LogP contribution in [-0.4, -0.2) is 95.9 Å². The molecule has 0 spiro atoms. The number of aliphatic hydroxyl groups is 2. The topological polar surface area (TPSA) is 231 Å². The third-order valence-electron chi connectivity index (χ3n) is 17.5. The molecule has 0 aliphatic carbocycles. The fraction of sp³-hybridized carbons (Fsp3) is 0.753. The predicted octanol–water partition coefficient (Wildman–Crippen LogP) is 24.3. The zero-order chi connectivity index (χ0) is 75.2. The number of phosphoric acid groups is 2.